The zero-order chi connectivity index (χ0) is 22.9. The fourth-order valence-electron chi connectivity index (χ4n) is 3.85. The lowest BCUT2D eigenvalue weighted by molar-refractivity contribution is -0.321. The molecule has 6 heteroatoms. The first kappa shape index (κ1) is 23.6. The molecule has 0 radical (unpaired) electrons. The van der Waals surface area contributed by atoms with Gasteiger partial charge in [0.05, 0.1) is 26.4 Å². The molecule has 0 aromatic heterocycles. The molecule has 4 rings (SSSR count). The minimum absolute atomic E-state index is 0.281. The Kier molecular flexibility index (Phi) is 8.60. The van der Waals surface area contributed by atoms with Gasteiger partial charge in [0.15, 0.2) is 6.29 Å². The minimum atomic E-state index is -1.05. The second kappa shape index (κ2) is 12.0. The van der Waals surface area contributed by atoms with E-state index in [1.54, 1.807) is 0 Å². The maximum Gasteiger partial charge on any atom is 0.187 e. The molecule has 174 valence electrons. The van der Waals surface area contributed by atoms with Crippen molar-refractivity contribution >= 4 is 0 Å². The highest BCUT2D eigenvalue weighted by Crippen LogP contribution is 2.28. The molecule has 0 saturated carbocycles. The first-order valence-electron chi connectivity index (χ1n) is 11.2. The molecular formula is C27H30O6. The third-order valence-electron chi connectivity index (χ3n) is 5.62. The first-order chi connectivity index (χ1) is 16.2. The Hall–Kier alpha value is -2.58. The number of aliphatic hydroxyl groups is 2. The van der Waals surface area contributed by atoms with Gasteiger partial charge in [-0.2, -0.15) is 0 Å². The lowest BCUT2D eigenvalue weighted by Gasteiger charge is -2.43. The van der Waals surface area contributed by atoms with Crippen molar-refractivity contribution in [3.05, 3.63) is 108 Å². The smallest absolute Gasteiger partial charge is 0.187 e. The summed E-state index contributed by atoms with van der Waals surface area (Å²) in [6, 6.07) is 29.1. The van der Waals surface area contributed by atoms with Crippen molar-refractivity contribution in [3.63, 3.8) is 0 Å². The van der Waals surface area contributed by atoms with Gasteiger partial charge in [-0.1, -0.05) is 91.0 Å². The molecule has 5 atom stereocenters. The quantitative estimate of drug-likeness (QED) is 0.493. The Labute approximate surface area is 194 Å². The SMILES string of the molecule is OCC1O[C@H](OCc2ccccc2)C(OCc2ccccc2)C(O)[C@@H]1OCc1ccccc1. The molecule has 1 aliphatic rings. The Morgan fingerprint density at radius 2 is 1.03 bits per heavy atom. The van der Waals surface area contributed by atoms with Crippen LogP contribution in [0.3, 0.4) is 0 Å². The van der Waals surface area contributed by atoms with Crippen molar-refractivity contribution in [2.75, 3.05) is 6.61 Å². The van der Waals surface area contributed by atoms with Crippen LogP contribution in [0.5, 0.6) is 0 Å². The Morgan fingerprint density at radius 3 is 1.48 bits per heavy atom. The summed E-state index contributed by atoms with van der Waals surface area (Å²) in [5.41, 5.74) is 2.91. The van der Waals surface area contributed by atoms with E-state index in [4.69, 9.17) is 18.9 Å². The number of rotatable bonds is 10. The van der Waals surface area contributed by atoms with Gasteiger partial charge in [-0.25, -0.2) is 0 Å². The number of hydrogen-bond acceptors (Lipinski definition) is 6. The molecular weight excluding hydrogens is 420 g/mol. The van der Waals surface area contributed by atoms with Gasteiger partial charge in [-0.15, -0.1) is 0 Å². The van der Waals surface area contributed by atoms with Crippen molar-refractivity contribution in [2.45, 2.75) is 50.5 Å². The van der Waals surface area contributed by atoms with Crippen LogP contribution in [-0.4, -0.2) is 47.5 Å². The van der Waals surface area contributed by atoms with Gasteiger partial charge in [-0.05, 0) is 16.7 Å². The fraction of sp³-hybridized carbons (Fsp3) is 0.333. The van der Waals surface area contributed by atoms with Gasteiger partial charge in [0.25, 0.3) is 0 Å². The van der Waals surface area contributed by atoms with Crippen LogP contribution < -0.4 is 0 Å². The molecule has 1 heterocycles. The number of aliphatic hydroxyl groups excluding tert-OH is 2. The van der Waals surface area contributed by atoms with Crippen LogP contribution >= 0.6 is 0 Å². The van der Waals surface area contributed by atoms with Crippen molar-refractivity contribution < 1.29 is 29.2 Å². The molecule has 3 unspecified atom stereocenters. The molecule has 1 fully saturated rings. The summed E-state index contributed by atoms with van der Waals surface area (Å²) in [7, 11) is 0. The monoisotopic (exact) mass is 450 g/mol. The van der Waals surface area contributed by atoms with E-state index in [1.165, 1.54) is 0 Å². The zero-order valence-corrected chi connectivity index (χ0v) is 18.4. The van der Waals surface area contributed by atoms with Gasteiger partial charge in [-0.3, -0.25) is 0 Å². The van der Waals surface area contributed by atoms with E-state index in [-0.39, 0.29) is 26.4 Å². The van der Waals surface area contributed by atoms with Crippen molar-refractivity contribution in [1.82, 2.24) is 0 Å². The predicted octanol–water partition coefficient (Wildman–Crippen LogP) is 3.45. The van der Waals surface area contributed by atoms with Crippen LogP contribution in [0.4, 0.5) is 0 Å². The summed E-state index contributed by atoms with van der Waals surface area (Å²) in [5, 5.41) is 21.2. The summed E-state index contributed by atoms with van der Waals surface area (Å²) in [4.78, 5) is 0. The van der Waals surface area contributed by atoms with E-state index in [9.17, 15) is 10.2 Å². The predicted molar refractivity (Wildman–Crippen MR) is 123 cm³/mol. The van der Waals surface area contributed by atoms with Crippen molar-refractivity contribution in [2.24, 2.45) is 0 Å². The minimum Gasteiger partial charge on any atom is -0.394 e. The molecule has 3 aromatic carbocycles. The third-order valence-corrected chi connectivity index (χ3v) is 5.62. The topological polar surface area (TPSA) is 77.4 Å². The van der Waals surface area contributed by atoms with Gasteiger partial charge >= 0.3 is 0 Å². The average Bonchev–Trinajstić information content (AvgIpc) is 2.88. The Balaban J connectivity index is 1.48. The maximum atomic E-state index is 11.2. The second-order valence-corrected chi connectivity index (χ2v) is 8.04. The summed E-state index contributed by atoms with van der Waals surface area (Å²) in [6.45, 7) is 0.542. The molecule has 0 bridgehead atoms. The lowest BCUT2D eigenvalue weighted by atomic mass is 9.98. The standard InChI is InChI=1S/C27H30O6/c28-16-23-25(30-17-20-10-4-1-5-11-20)24(29)26(31-18-21-12-6-2-7-13-21)27(33-23)32-19-22-14-8-3-9-15-22/h1-15,23-29H,16-19H2/t23?,24?,25-,26?,27+/m1/s1. The van der Waals surface area contributed by atoms with E-state index in [0.29, 0.717) is 0 Å². The Morgan fingerprint density at radius 1 is 0.606 bits per heavy atom. The molecule has 1 aliphatic heterocycles. The van der Waals surface area contributed by atoms with Crippen LogP contribution in [0.15, 0.2) is 91.0 Å². The second-order valence-electron chi connectivity index (χ2n) is 8.04. The molecule has 6 nitrogen and oxygen atoms in total. The molecule has 2 N–H and O–H groups in total. The molecule has 0 spiro atoms. The van der Waals surface area contributed by atoms with Crippen LogP contribution in [0.2, 0.25) is 0 Å². The first-order valence-corrected chi connectivity index (χ1v) is 11.2. The fourth-order valence-corrected chi connectivity index (χ4v) is 3.85. The highest BCUT2D eigenvalue weighted by Gasteiger charge is 2.47. The maximum absolute atomic E-state index is 11.2. The van der Waals surface area contributed by atoms with Gasteiger partial charge in [0, 0.05) is 0 Å². The highest BCUT2D eigenvalue weighted by atomic mass is 16.7. The summed E-state index contributed by atoms with van der Waals surface area (Å²) in [5.74, 6) is 0. The van der Waals surface area contributed by atoms with Crippen LogP contribution in [-0.2, 0) is 38.8 Å². The summed E-state index contributed by atoms with van der Waals surface area (Å²) < 4.78 is 24.2. The highest BCUT2D eigenvalue weighted by molar-refractivity contribution is 5.15. The number of ether oxygens (including phenoxy) is 4. The van der Waals surface area contributed by atoms with Gasteiger partial charge < -0.3 is 29.2 Å². The van der Waals surface area contributed by atoms with E-state index in [0.717, 1.165) is 16.7 Å². The van der Waals surface area contributed by atoms with Crippen molar-refractivity contribution in [3.8, 4) is 0 Å². The zero-order valence-electron chi connectivity index (χ0n) is 18.4. The molecule has 3 aromatic rings. The van der Waals surface area contributed by atoms with E-state index in [1.807, 2.05) is 91.0 Å². The summed E-state index contributed by atoms with van der Waals surface area (Å²) >= 11 is 0. The molecule has 0 amide bonds. The molecule has 33 heavy (non-hydrogen) atoms. The van der Waals surface area contributed by atoms with E-state index >= 15 is 0 Å². The normalized spacial score (nSPS) is 25.1. The largest absolute Gasteiger partial charge is 0.394 e. The van der Waals surface area contributed by atoms with E-state index < -0.39 is 30.7 Å². The van der Waals surface area contributed by atoms with Crippen LogP contribution in [0.1, 0.15) is 16.7 Å². The molecule has 1 saturated heterocycles. The average molecular weight is 451 g/mol. The van der Waals surface area contributed by atoms with Crippen molar-refractivity contribution in [1.29, 1.82) is 0 Å². The molecule has 0 aliphatic carbocycles. The van der Waals surface area contributed by atoms with Gasteiger partial charge in [0.1, 0.15) is 24.4 Å². The van der Waals surface area contributed by atoms with Crippen LogP contribution in [0, 0.1) is 0 Å². The van der Waals surface area contributed by atoms with Gasteiger partial charge in [0.2, 0.25) is 0 Å². The third kappa shape index (κ3) is 6.48. The number of hydrogen-bond donors (Lipinski definition) is 2. The number of benzene rings is 3. The lowest BCUT2D eigenvalue weighted by Crippen LogP contribution is -2.60. The van der Waals surface area contributed by atoms with Crippen LogP contribution in [0.25, 0.3) is 0 Å². The Bertz CT molecular complexity index is 937. The summed E-state index contributed by atoms with van der Waals surface area (Å²) in [6.07, 6.45) is -4.23. The van der Waals surface area contributed by atoms with E-state index in [2.05, 4.69) is 0 Å².